The van der Waals surface area contributed by atoms with Gasteiger partial charge < -0.3 is 5.73 Å². The van der Waals surface area contributed by atoms with Crippen molar-refractivity contribution < 1.29 is 8.42 Å². The number of rotatable bonds is 4. The summed E-state index contributed by atoms with van der Waals surface area (Å²) in [6, 6.07) is 9.48. The predicted octanol–water partition coefficient (Wildman–Crippen LogP) is 2.68. The predicted molar refractivity (Wildman–Crippen MR) is 85.3 cm³/mol. The summed E-state index contributed by atoms with van der Waals surface area (Å²) >= 11 is 0. The number of benzene rings is 1. The number of hydrogen-bond acceptors (Lipinski definition) is 4. The molecule has 0 saturated carbocycles. The van der Waals surface area contributed by atoms with E-state index in [1.807, 2.05) is 44.2 Å². The fourth-order valence-corrected chi connectivity index (χ4v) is 2.90. The molecular formula is C15H21N3O2S. The minimum atomic E-state index is -3.23. The molecule has 1 aromatic carbocycles. The van der Waals surface area contributed by atoms with Gasteiger partial charge in [-0.25, -0.2) is 13.1 Å². The lowest BCUT2D eigenvalue weighted by molar-refractivity contribution is 0.589. The van der Waals surface area contributed by atoms with Crippen molar-refractivity contribution in [2.45, 2.75) is 31.9 Å². The molecule has 0 bridgehead atoms. The van der Waals surface area contributed by atoms with E-state index in [0.717, 1.165) is 11.3 Å². The van der Waals surface area contributed by atoms with E-state index in [9.17, 15) is 8.42 Å². The Labute approximate surface area is 125 Å². The van der Waals surface area contributed by atoms with Gasteiger partial charge >= 0.3 is 0 Å². The molecule has 0 spiro atoms. The fraction of sp³-hybridized carbons (Fsp3) is 0.400. The fourth-order valence-electron chi connectivity index (χ4n) is 2.32. The third-order valence-electron chi connectivity index (χ3n) is 3.59. The molecule has 0 amide bonds. The van der Waals surface area contributed by atoms with Crippen molar-refractivity contribution in [2.24, 2.45) is 0 Å². The van der Waals surface area contributed by atoms with E-state index in [1.165, 1.54) is 6.26 Å². The Morgan fingerprint density at radius 2 is 1.71 bits per heavy atom. The van der Waals surface area contributed by atoms with Crippen molar-refractivity contribution in [2.75, 3.05) is 12.0 Å². The molecule has 2 aromatic rings. The maximum absolute atomic E-state index is 11.9. The summed E-state index contributed by atoms with van der Waals surface area (Å²) in [4.78, 5) is 0. The van der Waals surface area contributed by atoms with Crippen molar-refractivity contribution >= 4 is 15.7 Å². The Hall–Kier alpha value is -1.82. The van der Waals surface area contributed by atoms with Crippen molar-refractivity contribution in [1.82, 2.24) is 9.78 Å². The van der Waals surface area contributed by atoms with Crippen LogP contribution in [0.3, 0.4) is 0 Å². The second kappa shape index (κ2) is 5.52. The minimum absolute atomic E-state index is 0.0988. The highest BCUT2D eigenvalue weighted by Gasteiger charge is 2.28. The SMILES string of the molecule is CC(C)c1c(C(C)S(C)(=O)=O)nn(-c2ccccc2)c1N. The lowest BCUT2D eigenvalue weighted by Gasteiger charge is -2.11. The highest BCUT2D eigenvalue weighted by molar-refractivity contribution is 7.90. The number of nitrogens with two attached hydrogens (primary N) is 1. The molecule has 0 fully saturated rings. The van der Waals surface area contributed by atoms with Gasteiger partial charge in [-0.1, -0.05) is 32.0 Å². The monoisotopic (exact) mass is 307 g/mol. The van der Waals surface area contributed by atoms with Gasteiger partial charge in [0.25, 0.3) is 0 Å². The van der Waals surface area contributed by atoms with Crippen LogP contribution in [0, 0.1) is 0 Å². The van der Waals surface area contributed by atoms with Crippen LogP contribution < -0.4 is 5.73 Å². The van der Waals surface area contributed by atoms with Gasteiger partial charge in [0.15, 0.2) is 9.84 Å². The van der Waals surface area contributed by atoms with E-state index in [2.05, 4.69) is 5.10 Å². The van der Waals surface area contributed by atoms with Gasteiger partial charge in [-0.3, -0.25) is 0 Å². The number of hydrogen-bond donors (Lipinski definition) is 1. The van der Waals surface area contributed by atoms with Crippen molar-refractivity contribution in [3.05, 3.63) is 41.6 Å². The number of nitrogen functional groups attached to an aromatic ring is 1. The average Bonchev–Trinajstić information content (AvgIpc) is 2.75. The van der Waals surface area contributed by atoms with Crippen molar-refractivity contribution in [1.29, 1.82) is 0 Å². The molecule has 0 radical (unpaired) electrons. The number of sulfone groups is 1. The van der Waals surface area contributed by atoms with Crippen molar-refractivity contribution in [3.8, 4) is 5.69 Å². The average molecular weight is 307 g/mol. The number of aromatic nitrogens is 2. The first-order valence-electron chi connectivity index (χ1n) is 6.86. The molecule has 2 N–H and O–H groups in total. The summed E-state index contributed by atoms with van der Waals surface area (Å²) in [5, 5.41) is 3.80. The number of nitrogens with zero attached hydrogens (tertiary/aromatic N) is 2. The van der Waals surface area contributed by atoms with Crippen LogP contribution in [0.25, 0.3) is 5.69 Å². The van der Waals surface area contributed by atoms with E-state index < -0.39 is 15.1 Å². The van der Waals surface area contributed by atoms with Crippen LogP contribution >= 0.6 is 0 Å². The summed E-state index contributed by atoms with van der Waals surface area (Å²) in [6.45, 7) is 5.63. The molecule has 1 heterocycles. The van der Waals surface area contributed by atoms with Crippen LogP contribution in [-0.2, 0) is 9.84 Å². The van der Waals surface area contributed by atoms with Crippen LogP contribution in [0.15, 0.2) is 30.3 Å². The maximum Gasteiger partial charge on any atom is 0.155 e. The van der Waals surface area contributed by atoms with Gasteiger partial charge in [0.05, 0.1) is 11.4 Å². The quantitative estimate of drug-likeness (QED) is 0.942. The van der Waals surface area contributed by atoms with E-state index in [0.29, 0.717) is 11.5 Å². The Kier molecular flexibility index (Phi) is 4.09. The van der Waals surface area contributed by atoms with E-state index in [-0.39, 0.29) is 5.92 Å². The molecule has 0 aliphatic heterocycles. The summed E-state index contributed by atoms with van der Waals surface area (Å²) in [7, 11) is -3.23. The molecule has 21 heavy (non-hydrogen) atoms. The molecular weight excluding hydrogens is 286 g/mol. The lowest BCUT2D eigenvalue weighted by Crippen LogP contribution is -2.11. The Morgan fingerprint density at radius 1 is 1.14 bits per heavy atom. The molecule has 114 valence electrons. The zero-order valence-corrected chi connectivity index (χ0v) is 13.6. The molecule has 5 nitrogen and oxygen atoms in total. The number of anilines is 1. The third kappa shape index (κ3) is 2.95. The molecule has 0 aliphatic carbocycles. The standard InChI is InChI=1S/C15H21N3O2S/c1-10(2)13-14(11(3)21(4,19)20)17-18(15(13)16)12-8-6-5-7-9-12/h5-11H,16H2,1-4H3. The molecule has 0 aliphatic rings. The molecule has 1 atom stereocenters. The van der Waals surface area contributed by atoms with E-state index >= 15 is 0 Å². The third-order valence-corrected chi connectivity index (χ3v) is 5.10. The largest absolute Gasteiger partial charge is 0.383 e. The van der Waals surface area contributed by atoms with Gasteiger partial charge in [-0.05, 0) is 25.0 Å². The summed E-state index contributed by atoms with van der Waals surface area (Å²) in [5.74, 6) is 0.600. The van der Waals surface area contributed by atoms with Gasteiger partial charge in [-0.15, -0.1) is 0 Å². The summed E-state index contributed by atoms with van der Waals surface area (Å²) < 4.78 is 25.4. The van der Waals surface area contributed by atoms with E-state index in [4.69, 9.17) is 5.73 Å². The van der Waals surface area contributed by atoms with Crippen LogP contribution in [0.5, 0.6) is 0 Å². The normalized spacial score (nSPS) is 13.6. The molecule has 0 saturated heterocycles. The first kappa shape index (κ1) is 15.6. The maximum atomic E-state index is 11.9. The van der Waals surface area contributed by atoms with Crippen LogP contribution in [0.1, 0.15) is 43.2 Å². The van der Waals surface area contributed by atoms with E-state index in [1.54, 1.807) is 11.6 Å². The first-order chi connectivity index (χ1) is 9.73. The van der Waals surface area contributed by atoms with Gasteiger partial charge in [0.2, 0.25) is 0 Å². The zero-order valence-electron chi connectivity index (χ0n) is 12.7. The van der Waals surface area contributed by atoms with Crippen LogP contribution in [0.4, 0.5) is 5.82 Å². The summed E-state index contributed by atoms with van der Waals surface area (Å²) in [5.41, 5.74) is 8.39. The van der Waals surface area contributed by atoms with Gasteiger partial charge in [0, 0.05) is 11.8 Å². The molecule has 1 unspecified atom stereocenters. The van der Waals surface area contributed by atoms with Crippen LogP contribution in [0.2, 0.25) is 0 Å². The highest BCUT2D eigenvalue weighted by Crippen LogP contribution is 2.34. The zero-order chi connectivity index (χ0) is 15.8. The molecule has 6 heteroatoms. The Balaban J connectivity index is 2.67. The first-order valence-corrected chi connectivity index (χ1v) is 8.81. The Morgan fingerprint density at radius 3 is 2.19 bits per heavy atom. The van der Waals surface area contributed by atoms with Crippen LogP contribution in [-0.4, -0.2) is 24.5 Å². The smallest absolute Gasteiger partial charge is 0.155 e. The van der Waals surface area contributed by atoms with Crippen molar-refractivity contribution in [3.63, 3.8) is 0 Å². The van der Waals surface area contributed by atoms with Gasteiger partial charge in [0.1, 0.15) is 11.1 Å². The van der Waals surface area contributed by atoms with Gasteiger partial charge in [-0.2, -0.15) is 5.10 Å². The second-order valence-corrected chi connectivity index (χ2v) is 7.92. The topological polar surface area (TPSA) is 78.0 Å². The summed E-state index contributed by atoms with van der Waals surface area (Å²) in [6.07, 6.45) is 1.22. The molecule has 1 aromatic heterocycles. The number of para-hydroxylation sites is 1. The minimum Gasteiger partial charge on any atom is -0.383 e. The Bertz CT molecular complexity index is 734. The lowest BCUT2D eigenvalue weighted by atomic mass is 10.0. The molecule has 2 rings (SSSR count). The highest BCUT2D eigenvalue weighted by atomic mass is 32.2. The second-order valence-electron chi connectivity index (χ2n) is 5.56.